The average molecular weight is 136 g/mol. The number of allylic oxidation sites excluding steroid dienone is 2. The van der Waals surface area contributed by atoms with E-state index in [1.165, 1.54) is 5.57 Å². The number of carbonyl (C=O) groups excluding carboxylic acids is 2. The maximum atomic E-state index is 11.0. The molecule has 2 aliphatic carbocycles. The van der Waals surface area contributed by atoms with Crippen LogP contribution in [-0.4, -0.2) is 11.6 Å². The summed E-state index contributed by atoms with van der Waals surface area (Å²) in [5.74, 6) is -0.383. The van der Waals surface area contributed by atoms with Crippen LogP contribution in [0.15, 0.2) is 11.1 Å². The molecule has 2 nitrogen and oxygen atoms in total. The Balaban J connectivity index is 2.38. The third-order valence-electron chi connectivity index (χ3n) is 2.28. The Morgan fingerprint density at radius 2 is 1.60 bits per heavy atom. The van der Waals surface area contributed by atoms with Crippen LogP contribution in [0.1, 0.15) is 25.7 Å². The Bertz CT molecular complexity index is 248. The highest BCUT2D eigenvalue weighted by Gasteiger charge is 2.31. The van der Waals surface area contributed by atoms with Crippen molar-refractivity contribution < 1.29 is 9.59 Å². The topological polar surface area (TPSA) is 34.1 Å². The van der Waals surface area contributed by atoms with Gasteiger partial charge in [0.1, 0.15) is 0 Å². The minimum absolute atomic E-state index is 0.182. The predicted molar refractivity (Wildman–Crippen MR) is 35.5 cm³/mol. The first-order valence-electron chi connectivity index (χ1n) is 3.57. The molecule has 2 rings (SSSR count). The maximum Gasteiger partial charge on any atom is 0.224 e. The fourth-order valence-corrected chi connectivity index (χ4v) is 1.52. The highest BCUT2D eigenvalue weighted by Crippen LogP contribution is 2.35. The van der Waals surface area contributed by atoms with E-state index in [9.17, 15) is 9.59 Å². The third-order valence-corrected chi connectivity index (χ3v) is 2.28. The molecule has 0 aromatic heterocycles. The SMILES string of the molecule is O=C1CCC2=C(CC2)C1=O. The van der Waals surface area contributed by atoms with Crippen molar-refractivity contribution in [3.05, 3.63) is 11.1 Å². The smallest absolute Gasteiger partial charge is 0.224 e. The molecule has 0 radical (unpaired) electrons. The van der Waals surface area contributed by atoms with Gasteiger partial charge in [-0.2, -0.15) is 0 Å². The van der Waals surface area contributed by atoms with Crippen molar-refractivity contribution in [2.24, 2.45) is 0 Å². The van der Waals surface area contributed by atoms with Crippen LogP contribution in [0, 0.1) is 0 Å². The normalized spacial score (nSPS) is 24.4. The molecule has 0 N–H and O–H groups in total. The molecule has 2 aliphatic rings. The van der Waals surface area contributed by atoms with Crippen molar-refractivity contribution in [3.63, 3.8) is 0 Å². The van der Waals surface area contributed by atoms with Gasteiger partial charge in [-0.25, -0.2) is 0 Å². The van der Waals surface area contributed by atoms with Crippen molar-refractivity contribution >= 4 is 11.6 Å². The summed E-state index contributed by atoms with van der Waals surface area (Å²) in [4.78, 5) is 21.8. The second kappa shape index (κ2) is 1.78. The zero-order valence-electron chi connectivity index (χ0n) is 5.64. The van der Waals surface area contributed by atoms with Gasteiger partial charge in [-0.15, -0.1) is 0 Å². The molecule has 0 bridgehead atoms. The van der Waals surface area contributed by atoms with Gasteiger partial charge in [0.15, 0.2) is 0 Å². The van der Waals surface area contributed by atoms with Crippen LogP contribution >= 0.6 is 0 Å². The highest BCUT2D eigenvalue weighted by atomic mass is 16.2. The van der Waals surface area contributed by atoms with Crippen LogP contribution < -0.4 is 0 Å². The Hall–Kier alpha value is -0.920. The lowest BCUT2D eigenvalue weighted by Crippen LogP contribution is -2.27. The lowest BCUT2D eigenvalue weighted by molar-refractivity contribution is -0.135. The molecular weight excluding hydrogens is 128 g/mol. The number of rotatable bonds is 0. The molecule has 0 atom stereocenters. The van der Waals surface area contributed by atoms with Crippen LogP contribution in [0.25, 0.3) is 0 Å². The molecule has 10 heavy (non-hydrogen) atoms. The van der Waals surface area contributed by atoms with Gasteiger partial charge in [0, 0.05) is 12.0 Å². The predicted octanol–water partition coefficient (Wildman–Crippen LogP) is 1.01. The van der Waals surface area contributed by atoms with E-state index < -0.39 is 0 Å². The minimum atomic E-state index is -0.201. The molecule has 0 fully saturated rings. The lowest BCUT2D eigenvalue weighted by Gasteiger charge is -2.25. The highest BCUT2D eigenvalue weighted by molar-refractivity contribution is 6.44. The van der Waals surface area contributed by atoms with Gasteiger partial charge in [0.05, 0.1) is 0 Å². The van der Waals surface area contributed by atoms with Gasteiger partial charge >= 0.3 is 0 Å². The van der Waals surface area contributed by atoms with E-state index in [0.717, 1.165) is 24.8 Å². The summed E-state index contributed by atoms with van der Waals surface area (Å²) < 4.78 is 0. The number of Topliss-reactive ketones (excluding diaryl/α,β-unsaturated/α-hetero) is 2. The van der Waals surface area contributed by atoms with Gasteiger partial charge in [-0.3, -0.25) is 9.59 Å². The van der Waals surface area contributed by atoms with Crippen molar-refractivity contribution in [1.82, 2.24) is 0 Å². The first-order valence-corrected chi connectivity index (χ1v) is 3.57. The first-order chi connectivity index (χ1) is 4.79. The Kier molecular flexibility index (Phi) is 1.04. The average Bonchev–Trinajstić information content (AvgIpc) is 1.82. The van der Waals surface area contributed by atoms with E-state index in [-0.39, 0.29) is 11.6 Å². The van der Waals surface area contributed by atoms with Gasteiger partial charge in [-0.05, 0) is 19.3 Å². The molecule has 0 amide bonds. The molecule has 0 aromatic rings. The van der Waals surface area contributed by atoms with E-state index in [1.807, 2.05) is 0 Å². The molecule has 52 valence electrons. The minimum Gasteiger partial charge on any atom is -0.290 e. The molecule has 2 heteroatoms. The van der Waals surface area contributed by atoms with Crippen molar-refractivity contribution in [2.75, 3.05) is 0 Å². The Morgan fingerprint density at radius 1 is 0.900 bits per heavy atom. The molecule has 0 heterocycles. The zero-order valence-corrected chi connectivity index (χ0v) is 5.64. The largest absolute Gasteiger partial charge is 0.290 e. The summed E-state index contributed by atoms with van der Waals surface area (Å²) in [7, 11) is 0. The van der Waals surface area contributed by atoms with E-state index in [2.05, 4.69) is 0 Å². The fraction of sp³-hybridized carbons (Fsp3) is 0.500. The lowest BCUT2D eigenvalue weighted by atomic mass is 9.77. The second-order valence-corrected chi connectivity index (χ2v) is 2.83. The van der Waals surface area contributed by atoms with Gasteiger partial charge in [-0.1, -0.05) is 5.57 Å². The van der Waals surface area contributed by atoms with Crippen LogP contribution in [-0.2, 0) is 9.59 Å². The van der Waals surface area contributed by atoms with Crippen molar-refractivity contribution in [2.45, 2.75) is 25.7 Å². The zero-order chi connectivity index (χ0) is 7.14. The van der Waals surface area contributed by atoms with E-state index in [1.54, 1.807) is 0 Å². The summed E-state index contributed by atoms with van der Waals surface area (Å²) in [5, 5.41) is 0. The summed E-state index contributed by atoms with van der Waals surface area (Å²) in [6.07, 6.45) is 3.20. The number of hydrogen-bond acceptors (Lipinski definition) is 2. The quantitative estimate of drug-likeness (QED) is 0.466. The summed E-state index contributed by atoms with van der Waals surface area (Å²) in [5.41, 5.74) is 2.07. The van der Waals surface area contributed by atoms with Crippen LogP contribution in [0.4, 0.5) is 0 Å². The van der Waals surface area contributed by atoms with E-state index in [0.29, 0.717) is 6.42 Å². The molecule has 0 unspecified atom stereocenters. The molecular formula is C8H8O2. The molecule has 0 aliphatic heterocycles. The van der Waals surface area contributed by atoms with Gasteiger partial charge in [0.25, 0.3) is 0 Å². The maximum absolute atomic E-state index is 11.0. The first kappa shape index (κ1) is 5.83. The molecule has 0 spiro atoms. The van der Waals surface area contributed by atoms with E-state index in [4.69, 9.17) is 0 Å². The van der Waals surface area contributed by atoms with Crippen molar-refractivity contribution in [3.8, 4) is 0 Å². The second-order valence-electron chi connectivity index (χ2n) is 2.83. The Labute approximate surface area is 58.9 Å². The molecule has 0 saturated carbocycles. The summed E-state index contributed by atoms with van der Waals surface area (Å²) in [6, 6.07) is 0. The number of hydrogen-bond donors (Lipinski definition) is 0. The Morgan fingerprint density at radius 3 is 2.10 bits per heavy atom. The number of ketones is 2. The standard InChI is InChI=1S/C8H8O2/c9-7-4-2-5-1-3-6(5)8(7)10/h1-4H2. The van der Waals surface area contributed by atoms with Gasteiger partial charge in [0.2, 0.25) is 11.6 Å². The number of carbonyl (C=O) groups is 2. The summed E-state index contributed by atoms with van der Waals surface area (Å²) >= 11 is 0. The van der Waals surface area contributed by atoms with Crippen molar-refractivity contribution in [1.29, 1.82) is 0 Å². The van der Waals surface area contributed by atoms with Crippen LogP contribution in [0.3, 0.4) is 0 Å². The van der Waals surface area contributed by atoms with Crippen LogP contribution in [0.2, 0.25) is 0 Å². The van der Waals surface area contributed by atoms with Gasteiger partial charge < -0.3 is 0 Å². The summed E-state index contributed by atoms with van der Waals surface area (Å²) in [6.45, 7) is 0. The molecule has 0 aromatic carbocycles. The fourth-order valence-electron chi connectivity index (χ4n) is 1.52. The van der Waals surface area contributed by atoms with E-state index >= 15 is 0 Å². The third kappa shape index (κ3) is 0.589. The van der Waals surface area contributed by atoms with Crippen LogP contribution in [0.5, 0.6) is 0 Å². The monoisotopic (exact) mass is 136 g/mol. The molecule has 0 saturated heterocycles.